The van der Waals surface area contributed by atoms with Crippen LogP contribution in [0.25, 0.3) is 0 Å². The summed E-state index contributed by atoms with van der Waals surface area (Å²) in [6.45, 7) is 3.85. The number of sulfonamides is 1. The Hall–Kier alpha value is -4.63. The van der Waals surface area contributed by atoms with Crippen LogP contribution in [-0.2, 0) is 32.6 Å². The number of methoxy groups -OCH3 is 1. The standard InChI is InChI=1S/C35H39N3O5S/c1-4-22-36-35(40)33(24-28-12-7-5-8-13-28)37(25-29-14-11-17-31(23-29)43-3)34(39)26-38(30-15-9-6-10-16-30)44(41,42)32-20-18-27(2)19-21-32/h5-21,23,33H,4,22,24-26H2,1-3H3,(H,36,40). The zero-order valence-electron chi connectivity index (χ0n) is 25.3. The maximum absolute atomic E-state index is 14.4. The Morgan fingerprint density at radius 2 is 1.48 bits per heavy atom. The number of carbonyl (C=O) groups excluding carboxylic acids is 2. The first kappa shape index (κ1) is 32.3. The first-order valence-electron chi connectivity index (χ1n) is 14.6. The topological polar surface area (TPSA) is 96.0 Å². The Balaban J connectivity index is 1.78. The molecule has 0 saturated heterocycles. The van der Waals surface area contributed by atoms with E-state index >= 15 is 0 Å². The third-order valence-corrected chi connectivity index (χ3v) is 9.03. The van der Waals surface area contributed by atoms with Crippen molar-refractivity contribution in [2.75, 3.05) is 24.5 Å². The molecule has 0 saturated carbocycles. The normalized spacial score (nSPS) is 11.8. The van der Waals surface area contributed by atoms with E-state index in [2.05, 4.69) is 5.32 Å². The maximum atomic E-state index is 14.4. The van der Waals surface area contributed by atoms with Crippen LogP contribution >= 0.6 is 0 Å². The van der Waals surface area contributed by atoms with Gasteiger partial charge in [-0.1, -0.05) is 85.3 Å². The van der Waals surface area contributed by atoms with Gasteiger partial charge in [0.1, 0.15) is 18.3 Å². The van der Waals surface area contributed by atoms with Crippen molar-refractivity contribution in [1.82, 2.24) is 10.2 Å². The maximum Gasteiger partial charge on any atom is 0.264 e. The summed E-state index contributed by atoms with van der Waals surface area (Å²) in [6, 6.07) is 30.9. The zero-order chi connectivity index (χ0) is 31.5. The van der Waals surface area contributed by atoms with E-state index in [0.29, 0.717) is 18.0 Å². The summed E-state index contributed by atoms with van der Waals surface area (Å²) in [7, 11) is -2.58. The fourth-order valence-corrected chi connectivity index (χ4v) is 6.26. The monoisotopic (exact) mass is 613 g/mol. The van der Waals surface area contributed by atoms with Gasteiger partial charge in [0.25, 0.3) is 10.0 Å². The van der Waals surface area contributed by atoms with E-state index in [1.165, 1.54) is 17.0 Å². The number of rotatable bonds is 14. The van der Waals surface area contributed by atoms with Crippen LogP contribution in [0.5, 0.6) is 5.75 Å². The predicted octanol–water partition coefficient (Wildman–Crippen LogP) is 5.37. The Morgan fingerprint density at radius 3 is 2.11 bits per heavy atom. The number of nitrogens with zero attached hydrogens (tertiary/aromatic N) is 2. The average Bonchev–Trinajstić information content (AvgIpc) is 3.05. The molecule has 4 aromatic carbocycles. The Labute approximate surface area is 260 Å². The van der Waals surface area contributed by atoms with Crippen LogP contribution in [0.3, 0.4) is 0 Å². The lowest BCUT2D eigenvalue weighted by Crippen LogP contribution is -2.53. The third-order valence-electron chi connectivity index (χ3n) is 7.24. The van der Waals surface area contributed by atoms with Gasteiger partial charge in [0, 0.05) is 19.5 Å². The molecular formula is C35H39N3O5S. The molecule has 1 atom stereocenters. The Bertz CT molecular complexity index is 1630. The zero-order valence-corrected chi connectivity index (χ0v) is 26.2. The number of para-hydroxylation sites is 1. The summed E-state index contributed by atoms with van der Waals surface area (Å²) >= 11 is 0. The van der Waals surface area contributed by atoms with Crippen LogP contribution in [0.1, 0.15) is 30.0 Å². The van der Waals surface area contributed by atoms with Crippen molar-refractivity contribution in [3.8, 4) is 5.75 Å². The molecule has 1 N–H and O–H groups in total. The molecule has 4 aromatic rings. The molecule has 0 bridgehead atoms. The molecule has 9 heteroatoms. The molecule has 4 rings (SSSR count). The lowest BCUT2D eigenvalue weighted by Gasteiger charge is -2.34. The Kier molecular flexibility index (Phi) is 11.2. The van der Waals surface area contributed by atoms with E-state index in [9.17, 15) is 18.0 Å². The van der Waals surface area contributed by atoms with E-state index in [-0.39, 0.29) is 23.8 Å². The van der Waals surface area contributed by atoms with Crippen molar-refractivity contribution in [3.05, 3.63) is 126 Å². The molecule has 2 amide bonds. The molecule has 230 valence electrons. The number of ether oxygens (including phenoxy) is 1. The fraction of sp³-hybridized carbons (Fsp3) is 0.257. The highest BCUT2D eigenvalue weighted by atomic mass is 32.2. The minimum absolute atomic E-state index is 0.0697. The minimum atomic E-state index is -4.14. The van der Waals surface area contributed by atoms with Crippen LogP contribution in [0, 0.1) is 6.92 Å². The number of hydrogen-bond donors (Lipinski definition) is 1. The number of hydrogen-bond acceptors (Lipinski definition) is 5. The highest BCUT2D eigenvalue weighted by molar-refractivity contribution is 7.92. The predicted molar refractivity (Wildman–Crippen MR) is 173 cm³/mol. The fourth-order valence-electron chi connectivity index (χ4n) is 4.85. The smallest absolute Gasteiger partial charge is 0.264 e. The largest absolute Gasteiger partial charge is 0.497 e. The number of anilines is 1. The molecule has 0 spiro atoms. The van der Waals surface area contributed by atoms with Crippen LogP contribution in [-0.4, -0.2) is 51.4 Å². The van der Waals surface area contributed by atoms with Gasteiger partial charge in [-0.2, -0.15) is 0 Å². The summed E-state index contributed by atoms with van der Waals surface area (Å²) in [6.07, 6.45) is 0.979. The van der Waals surface area contributed by atoms with Crippen molar-refractivity contribution in [2.45, 2.75) is 44.2 Å². The van der Waals surface area contributed by atoms with E-state index in [1.807, 2.05) is 62.4 Å². The summed E-state index contributed by atoms with van der Waals surface area (Å²) in [5.41, 5.74) is 2.88. The second-order valence-electron chi connectivity index (χ2n) is 10.5. The van der Waals surface area contributed by atoms with E-state index in [0.717, 1.165) is 27.4 Å². The average molecular weight is 614 g/mol. The van der Waals surface area contributed by atoms with Crippen LogP contribution in [0.4, 0.5) is 5.69 Å². The van der Waals surface area contributed by atoms with E-state index < -0.39 is 28.5 Å². The highest BCUT2D eigenvalue weighted by Gasteiger charge is 2.34. The van der Waals surface area contributed by atoms with Gasteiger partial charge in [-0.25, -0.2) is 8.42 Å². The van der Waals surface area contributed by atoms with Crippen molar-refractivity contribution >= 4 is 27.5 Å². The minimum Gasteiger partial charge on any atom is -0.497 e. The quantitative estimate of drug-likeness (QED) is 0.207. The summed E-state index contributed by atoms with van der Waals surface area (Å²) in [4.78, 5) is 29.7. The van der Waals surface area contributed by atoms with Gasteiger partial charge in [-0.3, -0.25) is 13.9 Å². The highest BCUT2D eigenvalue weighted by Crippen LogP contribution is 2.25. The van der Waals surface area contributed by atoms with Gasteiger partial charge >= 0.3 is 0 Å². The van der Waals surface area contributed by atoms with Crippen molar-refractivity contribution in [3.63, 3.8) is 0 Å². The van der Waals surface area contributed by atoms with Crippen molar-refractivity contribution in [2.24, 2.45) is 0 Å². The lowest BCUT2D eigenvalue weighted by atomic mass is 10.0. The van der Waals surface area contributed by atoms with Gasteiger partial charge < -0.3 is 15.0 Å². The number of carbonyl (C=O) groups is 2. The molecule has 0 radical (unpaired) electrons. The number of amides is 2. The van der Waals surface area contributed by atoms with Crippen molar-refractivity contribution < 1.29 is 22.7 Å². The lowest BCUT2D eigenvalue weighted by molar-refractivity contribution is -0.140. The van der Waals surface area contributed by atoms with Gasteiger partial charge in [0.05, 0.1) is 17.7 Å². The Morgan fingerprint density at radius 1 is 0.841 bits per heavy atom. The molecule has 0 heterocycles. The van der Waals surface area contributed by atoms with Crippen LogP contribution in [0.2, 0.25) is 0 Å². The van der Waals surface area contributed by atoms with Gasteiger partial charge in [-0.15, -0.1) is 0 Å². The summed E-state index contributed by atoms with van der Waals surface area (Å²) in [5, 5.41) is 2.95. The molecule has 0 aromatic heterocycles. The van der Waals surface area contributed by atoms with E-state index in [1.54, 1.807) is 55.6 Å². The molecular weight excluding hydrogens is 574 g/mol. The molecule has 0 aliphatic carbocycles. The van der Waals surface area contributed by atoms with Crippen LogP contribution in [0.15, 0.2) is 114 Å². The summed E-state index contributed by atoms with van der Waals surface area (Å²) in [5.74, 6) is -0.211. The van der Waals surface area contributed by atoms with Gasteiger partial charge in [0.2, 0.25) is 11.8 Å². The SMILES string of the molecule is CCCNC(=O)C(Cc1ccccc1)N(Cc1cccc(OC)c1)C(=O)CN(c1ccccc1)S(=O)(=O)c1ccc(C)cc1. The molecule has 44 heavy (non-hydrogen) atoms. The molecule has 0 aliphatic heterocycles. The molecule has 0 fully saturated rings. The van der Waals surface area contributed by atoms with Crippen molar-refractivity contribution in [1.29, 1.82) is 0 Å². The third kappa shape index (κ3) is 8.26. The first-order valence-corrected chi connectivity index (χ1v) is 16.1. The molecule has 0 aliphatic rings. The van der Waals surface area contributed by atoms with Gasteiger partial charge in [-0.05, 0) is 60.9 Å². The first-order chi connectivity index (χ1) is 21.2. The second-order valence-corrected chi connectivity index (χ2v) is 12.4. The van der Waals surface area contributed by atoms with Crippen LogP contribution < -0.4 is 14.4 Å². The van der Waals surface area contributed by atoms with E-state index in [4.69, 9.17) is 4.74 Å². The number of benzene rings is 4. The number of aryl methyl sites for hydroxylation is 1. The summed E-state index contributed by atoms with van der Waals surface area (Å²) < 4.78 is 34.6. The van der Waals surface area contributed by atoms with Gasteiger partial charge in [0.15, 0.2) is 0 Å². The second kappa shape index (κ2) is 15.2. The number of nitrogens with one attached hydrogen (secondary N) is 1. The molecule has 1 unspecified atom stereocenters. The molecule has 8 nitrogen and oxygen atoms in total.